The highest BCUT2D eigenvalue weighted by Gasteiger charge is 2.32. The lowest BCUT2D eigenvalue weighted by Crippen LogP contribution is -2.38. The van der Waals surface area contributed by atoms with Crippen LogP contribution in [0, 0.1) is 0 Å². The summed E-state index contributed by atoms with van der Waals surface area (Å²) in [4.78, 5) is 20.8. The van der Waals surface area contributed by atoms with Crippen molar-refractivity contribution in [1.82, 2.24) is 14.8 Å². The van der Waals surface area contributed by atoms with Crippen LogP contribution < -0.4 is 4.74 Å². The zero-order valence-corrected chi connectivity index (χ0v) is 15.0. The first-order chi connectivity index (χ1) is 12.8. The minimum absolute atomic E-state index is 0.335. The fraction of sp³-hybridized carbons (Fsp3) is 0.429. The van der Waals surface area contributed by atoms with E-state index < -0.39 is 0 Å². The molecule has 1 aromatic heterocycles. The molecule has 2 aliphatic heterocycles. The summed E-state index contributed by atoms with van der Waals surface area (Å²) >= 11 is 0. The number of amides is 1. The number of hydrogen-bond acceptors (Lipinski definition) is 4. The van der Waals surface area contributed by atoms with E-state index >= 15 is 0 Å². The molecule has 136 valence electrons. The van der Waals surface area contributed by atoms with E-state index in [9.17, 15) is 4.79 Å². The van der Waals surface area contributed by atoms with Crippen molar-refractivity contribution in [2.24, 2.45) is 0 Å². The number of carbonyl (C=O) groups is 1. The molecule has 2 aromatic rings. The van der Waals surface area contributed by atoms with Gasteiger partial charge in [0.1, 0.15) is 12.4 Å². The number of rotatable bonds is 6. The van der Waals surface area contributed by atoms with Gasteiger partial charge >= 0.3 is 0 Å². The zero-order chi connectivity index (χ0) is 17.8. The summed E-state index contributed by atoms with van der Waals surface area (Å²) < 4.78 is 5.88. The van der Waals surface area contributed by atoms with Gasteiger partial charge in [-0.05, 0) is 42.7 Å². The van der Waals surface area contributed by atoms with Crippen LogP contribution in [0.2, 0.25) is 0 Å². The van der Waals surface area contributed by atoms with E-state index in [1.54, 1.807) is 6.20 Å². The second kappa shape index (κ2) is 7.87. The number of benzene rings is 1. The molecule has 2 aliphatic rings. The molecule has 0 radical (unpaired) electrons. The number of aromatic nitrogens is 1. The Hall–Kier alpha value is -2.40. The summed E-state index contributed by atoms with van der Waals surface area (Å²) in [6.07, 6.45) is 4.61. The van der Waals surface area contributed by atoms with Crippen LogP contribution in [0.15, 0.2) is 48.7 Å². The lowest BCUT2D eigenvalue weighted by molar-refractivity contribution is -0.129. The number of likely N-dealkylation sites (tertiary alicyclic amines) is 2. The highest BCUT2D eigenvalue weighted by molar-refractivity contribution is 5.78. The van der Waals surface area contributed by atoms with Crippen molar-refractivity contribution in [2.45, 2.75) is 38.5 Å². The molecule has 0 N–H and O–H groups in total. The van der Waals surface area contributed by atoms with Gasteiger partial charge in [0.15, 0.2) is 0 Å². The molecule has 5 nitrogen and oxygen atoms in total. The topological polar surface area (TPSA) is 45.7 Å². The largest absolute Gasteiger partial charge is 0.487 e. The SMILES string of the molecule is O=C1CCCN1C1CCN(Cc2cccc(OCc3ccccn3)c2)C1. The van der Waals surface area contributed by atoms with Gasteiger partial charge in [-0.3, -0.25) is 14.7 Å². The molecule has 5 heteroatoms. The average molecular weight is 351 g/mol. The molecule has 0 spiro atoms. The van der Waals surface area contributed by atoms with Crippen molar-refractivity contribution in [3.8, 4) is 5.75 Å². The Morgan fingerprint density at radius 2 is 2.12 bits per heavy atom. The van der Waals surface area contributed by atoms with Gasteiger partial charge in [0.25, 0.3) is 0 Å². The third-order valence-electron chi connectivity index (χ3n) is 5.22. The van der Waals surface area contributed by atoms with Gasteiger partial charge in [0.2, 0.25) is 5.91 Å². The predicted molar refractivity (Wildman–Crippen MR) is 99.6 cm³/mol. The van der Waals surface area contributed by atoms with Crippen molar-refractivity contribution in [3.63, 3.8) is 0 Å². The van der Waals surface area contributed by atoms with Crippen molar-refractivity contribution in [1.29, 1.82) is 0 Å². The minimum atomic E-state index is 0.335. The van der Waals surface area contributed by atoms with E-state index in [-0.39, 0.29) is 0 Å². The Labute approximate surface area is 154 Å². The summed E-state index contributed by atoms with van der Waals surface area (Å²) in [5.74, 6) is 1.21. The Balaban J connectivity index is 1.32. The number of ether oxygens (including phenoxy) is 1. The van der Waals surface area contributed by atoms with E-state index in [0.29, 0.717) is 18.6 Å². The molecule has 26 heavy (non-hydrogen) atoms. The average Bonchev–Trinajstić information content (AvgIpc) is 3.30. The van der Waals surface area contributed by atoms with Crippen molar-refractivity contribution >= 4 is 5.91 Å². The van der Waals surface area contributed by atoms with E-state index in [0.717, 1.165) is 56.9 Å². The normalized spacial score (nSPS) is 20.7. The summed E-state index contributed by atoms with van der Waals surface area (Å²) in [7, 11) is 0. The molecule has 1 amide bonds. The quantitative estimate of drug-likeness (QED) is 0.803. The second-order valence-electron chi connectivity index (χ2n) is 7.13. The zero-order valence-electron chi connectivity index (χ0n) is 15.0. The first-order valence-corrected chi connectivity index (χ1v) is 9.41. The van der Waals surface area contributed by atoms with Crippen LogP contribution in [-0.2, 0) is 17.9 Å². The molecule has 0 saturated carbocycles. The van der Waals surface area contributed by atoms with Crippen LogP contribution in [0.25, 0.3) is 0 Å². The molecule has 1 unspecified atom stereocenters. The number of pyridine rings is 1. The molecule has 3 heterocycles. The Kier molecular flexibility index (Phi) is 5.16. The lowest BCUT2D eigenvalue weighted by Gasteiger charge is -2.24. The van der Waals surface area contributed by atoms with Crippen LogP contribution in [0.1, 0.15) is 30.5 Å². The standard InChI is InChI=1S/C21H25N3O2/c25-21-8-4-11-24(21)19-9-12-23(15-19)14-17-5-3-7-20(13-17)26-16-18-6-1-2-10-22-18/h1-3,5-7,10,13,19H,4,8-9,11-12,14-16H2. The van der Waals surface area contributed by atoms with Gasteiger partial charge < -0.3 is 9.64 Å². The smallest absolute Gasteiger partial charge is 0.222 e. The molecule has 0 bridgehead atoms. The van der Waals surface area contributed by atoms with Crippen molar-refractivity contribution < 1.29 is 9.53 Å². The number of carbonyl (C=O) groups excluding carboxylic acids is 1. The summed E-state index contributed by atoms with van der Waals surface area (Å²) in [5.41, 5.74) is 2.17. The first-order valence-electron chi connectivity index (χ1n) is 9.41. The van der Waals surface area contributed by atoms with Crippen LogP contribution in [-0.4, -0.2) is 46.4 Å². The molecular formula is C21H25N3O2. The van der Waals surface area contributed by atoms with Crippen molar-refractivity contribution in [2.75, 3.05) is 19.6 Å². The number of nitrogens with zero attached hydrogens (tertiary/aromatic N) is 3. The molecule has 1 atom stereocenters. The Bertz CT molecular complexity index is 750. The van der Waals surface area contributed by atoms with Crippen LogP contribution >= 0.6 is 0 Å². The minimum Gasteiger partial charge on any atom is -0.487 e. The first kappa shape index (κ1) is 17.0. The van der Waals surface area contributed by atoms with Crippen LogP contribution in [0.4, 0.5) is 0 Å². The number of hydrogen-bond donors (Lipinski definition) is 0. The van der Waals surface area contributed by atoms with Gasteiger partial charge in [0, 0.05) is 44.8 Å². The van der Waals surface area contributed by atoms with Gasteiger partial charge in [-0.25, -0.2) is 0 Å². The van der Waals surface area contributed by atoms with Crippen LogP contribution in [0.5, 0.6) is 5.75 Å². The molecule has 2 fully saturated rings. The Morgan fingerprint density at radius 1 is 1.15 bits per heavy atom. The Morgan fingerprint density at radius 3 is 2.92 bits per heavy atom. The third kappa shape index (κ3) is 4.05. The molecular weight excluding hydrogens is 326 g/mol. The summed E-state index contributed by atoms with van der Waals surface area (Å²) in [5, 5.41) is 0. The van der Waals surface area contributed by atoms with E-state index in [1.165, 1.54) is 5.56 Å². The van der Waals surface area contributed by atoms with Crippen molar-refractivity contribution in [3.05, 3.63) is 59.9 Å². The molecule has 4 rings (SSSR count). The highest BCUT2D eigenvalue weighted by Crippen LogP contribution is 2.23. The molecule has 2 saturated heterocycles. The van der Waals surface area contributed by atoms with Gasteiger partial charge in [0.05, 0.1) is 5.69 Å². The van der Waals surface area contributed by atoms with Gasteiger partial charge in [-0.15, -0.1) is 0 Å². The molecule has 1 aromatic carbocycles. The third-order valence-corrected chi connectivity index (χ3v) is 5.22. The maximum Gasteiger partial charge on any atom is 0.222 e. The van der Waals surface area contributed by atoms with Crippen LogP contribution in [0.3, 0.4) is 0 Å². The van der Waals surface area contributed by atoms with Gasteiger partial charge in [-0.2, -0.15) is 0 Å². The van der Waals surface area contributed by atoms with Gasteiger partial charge in [-0.1, -0.05) is 18.2 Å². The monoisotopic (exact) mass is 351 g/mol. The lowest BCUT2D eigenvalue weighted by atomic mass is 10.2. The fourth-order valence-electron chi connectivity index (χ4n) is 3.90. The highest BCUT2D eigenvalue weighted by atomic mass is 16.5. The summed E-state index contributed by atoms with van der Waals surface area (Å²) in [6.45, 7) is 4.35. The second-order valence-corrected chi connectivity index (χ2v) is 7.13. The van der Waals surface area contributed by atoms with E-state index in [2.05, 4.69) is 26.9 Å². The predicted octanol–water partition coefficient (Wildman–Crippen LogP) is 2.86. The maximum atomic E-state index is 11.9. The fourth-order valence-corrected chi connectivity index (χ4v) is 3.90. The van der Waals surface area contributed by atoms with E-state index in [1.807, 2.05) is 30.3 Å². The summed E-state index contributed by atoms with van der Waals surface area (Å²) in [6, 6.07) is 14.5. The molecule has 0 aliphatic carbocycles. The maximum absolute atomic E-state index is 11.9. The van der Waals surface area contributed by atoms with E-state index in [4.69, 9.17) is 4.74 Å².